The number of pyridine rings is 1. The van der Waals surface area contributed by atoms with Gasteiger partial charge in [0.25, 0.3) is 0 Å². The SMILES string of the molecule is CCCC(C)(C)Nc1cncc(NC)c1. The summed E-state index contributed by atoms with van der Waals surface area (Å²) < 4.78 is 0. The van der Waals surface area contributed by atoms with E-state index in [9.17, 15) is 0 Å². The minimum atomic E-state index is 0.128. The third-order valence-corrected chi connectivity index (χ3v) is 2.38. The highest BCUT2D eigenvalue weighted by atomic mass is 15.0. The van der Waals surface area contributed by atoms with Crippen molar-refractivity contribution in [1.82, 2.24) is 4.98 Å². The Labute approximate surface area is 92.3 Å². The van der Waals surface area contributed by atoms with Crippen LogP contribution in [0.1, 0.15) is 33.6 Å². The van der Waals surface area contributed by atoms with Crippen molar-refractivity contribution in [2.45, 2.75) is 39.2 Å². The van der Waals surface area contributed by atoms with E-state index in [0.29, 0.717) is 0 Å². The van der Waals surface area contributed by atoms with Gasteiger partial charge in [-0.15, -0.1) is 0 Å². The Morgan fingerprint density at radius 2 is 1.93 bits per heavy atom. The molecule has 0 radical (unpaired) electrons. The van der Waals surface area contributed by atoms with Crippen molar-refractivity contribution in [3.05, 3.63) is 18.5 Å². The van der Waals surface area contributed by atoms with Crippen LogP contribution in [0.15, 0.2) is 18.5 Å². The first-order valence-electron chi connectivity index (χ1n) is 5.48. The van der Waals surface area contributed by atoms with E-state index in [1.54, 1.807) is 0 Å². The monoisotopic (exact) mass is 207 g/mol. The number of aromatic nitrogens is 1. The molecule has 1 rings (SSSR count). The lowest BCUT2D eigenvalue weighted by Crippen LogP contribution is -2.30. The number of nitrogens with zero attached hydrogens (tertiary/aromatic N) is 1. The number of anilines is 2. The molecule has 0 amide bonds. The van der Waals surface area contributed by atoms with Gasteiger partial charge in [0, 0.05) is 12.6 Å². The van der Waals surface area contributed by atoms with Crippen molar-refractivity contribution in [2.75, 3.05) is 17.7 Å². The summed E-state index contributed by atoms with van der Waals surface area (Å²) >= 11 is 0. The molecule has 0 saturated carbocycles. The quantitative estimate of drug-likeness (QED) is 0.779. The lowest BCUT2D eigenvalue weighted by molar-refractivity contribution is 0.511. The fraction of sp³-hybridized carbons (Fsp3) is 0.583. The predicted molar refractivity (Wildman–Crippen MR) is 66.4 cm³/mol. The standard InChI is InChI=1S/C12H21N3/c1-5-6-12(2,3)15-11-7-10(13-4)8-14-9-11/h7-9,13,15H,5-6H2,1-4H3. The summed E-state index contributed by atoms with van der Waals surface area (Å²) in [4.78, 5) is 4.17. The van der Waals surface area contributed by atoms with Gasteiger partial charge in [-0.25, -0.2) is 0 Å². The second-order valence-corrected chi connectivity index (χ2v) is 4.47. The first-order valence-corrected chi connectivity index (χ1v) is 5.48. The molecule has 15 heavy (non-hydrogen) atoms. The summed E-state index contributed by atoms with van der Waals surface area (Å²) in [6, 6.07) is 2.07. The second-order valence-electron chi connectivity index (χ2n) is 4.47. The molecule has 0 unspecified atom stereocenters. The minimum absolute atomic E-state index is 0.128. The van der Waals surface area contributed by atoms with Gasteiger partial charge in [-0.2, -0.15) is 0 Å². The summed E-state index contributed by atoms with van der Waals surface area (Å²) in [6.45, 7) is 6.62. The largest absolute Gasteiger partial charge is 0.387 e. The van der Waals surface area contributed by atoms with Gasteiger partial charge in [-0.3, -0.25) is 4.98 Å². The Kier molecular flexibility index (Phi) is 3.95. The van der Waals surface area contributed by atoms with Crippen molar-refractivity contribution >= 4 is 11.4 Å². The summed E-state index contributed by atoms with van der Waals surface area (Å²) in [5.41, 5.74) is 2.23. The van der Waals surface area contributed by atoms with E-state index in [1.807, 2.05) is 19.4 Å². The first kappa shape index (κ1) is 11.8. The Bertz CT molecular complexity index is 307. The van der Waals surface area contributed by atoms with Gasteiger partial charge in [0.1, 0.15) is 0 Å². The molecule has 0 atom stereocenters. The van der Waals surface area contributed by atoms with Crippen molar-refractivity contribution in [1.29, 1.82) is 0 Å². The zero-order valence-corrected chi connectivity index (χ0v) is 10.1. The third kappa shape index (κ3) is 3.78. The molecule has 0 aliphatic heterocycles. The zero-order chi connectivity index (χ0) is 11.3. The van der Waals surface area contributed by atoms with Crippen molar-refractivity contribution in [3.8, 4) is 0 Å². The molecule has 1 aromatic heterocycles. The van der Waals surface area contributed by atoms with Gasteiger partial charge in [0.15, 0.2) is 0 Å². The van der Waals surface area contributed by atoms with Gasteiger partial charge in [0.05, 0.1) is 23.8 Å². The highest BCUT2D eigenvalue weighted by molar-refractivity contribution is 5.54. The number of rotatable bonds is 5. The van der Waals surface area contributed by atoms with E-state index in [0.717, 1.165) is 17.8 Å². The topological polar surface area (TPSA) is 37.0 Å². The second kappa shape index (κ2) is 5.01. The first-order chi connectivity index (χ1) is 7.07. The van der Waals surface area contributed by atoms with Crippen LogP contribution in [0.25, 0.3) is 0 Å². The highest BCUT2D eigenvalue weighted by Crippen LogP contribution is 2.20. The average molecular weight is 207 g/mol. The van der Waals surface area contributed by atoms with Crippen molar-refractivity contribution < 1.29 is 0 Å². The molecule has 1 aromatic rings. The van der Waals surface area contributed by atoms with Gasteiger partial charge < -0.3 is 10.6 Å². The van der Waals surface area contributed by atoms with Crippen LogP contribution in [-0.2, 0) is 0 Å². The van der Waals surface area contributed by atoms with Crippen molar-refractivity contribution in [2.24, 2.45) is 0 Å². The van der Waals surface area contributed by atoms with Crippen LogP contribution in [0.4, 0.5) is 11.4 Å². The molecule has 0 aromatic carbocycles. The molecule has 0 bridgehead atoms. The van der Waals surface area contributed by atoms with Crippen LogP contribution in [0, 0.1) is 0 Å². The predicted octanol–water partition coefficient (Wildman–Crippen LogP) is 3.11. The molecule has 0 fully saturated rings. The van der Waals surface area contributed by atoms with Crippen LogP contribution in [-0.4, -0.2) is 17.6 Å². The van der Waals surface area contributed by atoms with E-state index in [1.165, 1.54) is 6.42 Å². The highest BCUT2D eigenvalue weighted by Gasteiger charge is 2.15. The summed E-state index contributed by atoms with van der Waals surface area (Å²) in [7, 11) is 1.90. The average Bonchev–Trinajstić information content (AvgIpc) is 2.17. The molecular weight excluding hydrogens is 186 g/mol. The van der Waals surface area contributed by atoms with Gasteiger partial charge >= 0.3 is 0 Å². The number of nitrogens with one attached hydrogen (secondary N) is 2. The molecule has 3 nitrogen and oxygen atoms in total. The van der Waals surface area contributed by atoms with Crippen LogP contribution in [0.5, 0.6) is 0 Å². The molecule has 84 valence electrons. The lowest BCUT2D eigenvalue weighted by Gasteiger charge is -2.27. The Balaban J connectivity index is 2.71. The number of hydrogen-bond acceptors (Lipinski definition) is 3. The van der Waals surface area contributed by atoms with Crippen LogP contribution >= 0.6 is 0 Å². The summed E-state index contributed by atoms with van der Waals surface area (Å²) in [5.74, 6) is 0. The molecule has 0 aliphatic rings. The molecule has 1 heterocycles. The lowest BCUT2D eigenvalue weighted by atomic mass is 9.99. The van der Waals surface area contributed by atoms with Crippen LogP contribution in [0.3, 0.4) is 0 Å². The van der Waals surface area contributed by atoms with E-state index < -0.39 is 0 Å². The molecule has 0 spiro atoms. The Hall–Kier alpha value is -1.25. The maximum Gasteiger partial charge on any atom is 0.0551 e. The fourth-order valence-corrected chi connectivity index (χ4v) is 1.72. The zero-order valence-electron chi connectivity index (χ0n) is 10.1. The van der Waals surface area contributed by atoms with Crippen LogP contribution < -0.4 is 10.6 Å². The van der Waals surface area contributed by atoms with E-state index in [-0.39, 0.29) is 5.54 Å². The smallest absolute Gasteiger partial charge is 0.0551 e. The van der Waals surface area contributed by atoms with Gasteiger partial charge in [0.2, 0.25) is 0 Å². The Morgan fingerprint density at radius 1 is 1.27 bits per heavy atom. The molecule has 0 aliphatic carbocycles. The van der Waals surface area contributed by atoms with E-state index >= 15 is 0 Å². The van der Waals surface area contributed by atoms with Gasteiger partial charge in [-0.1, -0.05) is 13.3 Å². The Morgan fingerprint density at radius 3 is 2.53 bits per heavy atom. The molecule has 0 saturated heterocycles. The van der Waals surface area contributed by atoms with E-state index in [2.05, 4.69) is 42.5 Å². The molecule has 2 N–H and O–H groups in total. The van der Waals surface area contributed by atoms with Gasteiger partial charge in [-0.05, 0) is 26.3 Å². The number of hydrogen-bond donors (Lipinski definition) is 2. The van der Waals surface area contributed by atoms with Crippen molar-refractivity contribution in [3.63, 3.8) is 0 Å². The minimum Gasteiger partial charge on any atom is -0.387 e. The third-order valence-electron chi connectivity index (χ3n) is 2.38. The molecule has 3 heteroatoms. The maximum atomic E-state index is 4.17. The maximum absolute atomic E-state index is 4.17. The summed E-state index contributed by atoms with van der Waals surface area (Å²) in [5, 5.41) is 6.57. The van der Waals surface area contributed by atoms with Crippen LogP contribution in [0.2, 0.25) is 0 Å². The summed E-state index contributed by atoms with van der Waals surface area (Å²) in [6.07, 6.45) is 6.01. The fourth-order valence-electron chi connectivity index (χ4n) is 1.72. The van der Waals surface area contributed by atoms with E-state index in [4.69, 9.17) is 0 Å². The molecular formula is C12H21N3. The normalized spacial score (nSPS) is 11.2.